The van der Waals surface area contributed by atoms with Crippen LogP contribution < -0.4 is 5.32 Å². The van der Waals surface area contributed by atoms with Crippen molar-refractivity contribution in [1.82, 2.24) is 5.32 Å². The number of carbonyl (C=O) groups excluding carboxylic acids is 2. The molecule has 2 atom stereocenters. The Morgan fingerprint density at radius 2 is 1.56 bits per heavy atom. The minimum absolute atomic E-state index is 0.0288. The van der Waals surface area contributed by atoms with Crippen molar-refractivity contribution in [3.05, 3.63) is 0 Å². The second-order valence-corrected chi connectivity index (χ2v) is 5.99. The Morgan fingerprint density at radius 1 is 1.00 bits per heavy atom. The molecule has 0 aromatic heterocycles. The number of amides is 1. The lowest BCUT2D eigenvalue weighted by Gasteiger charge is -2.26. The third-order valence-electron chi connectivity index (χ3n) is 3.89. The molecule has 0 bridgehead atoms. The molecule has 2 unspecified atom stereocenters. The molecule has 0 fully saturated rings. The molecular weight excluding hydrogens is 349 g/mol. The molecule has 0 heterocycles. The summed E-state index contributed by atoms with van der Waals surface area (Å²) in [5, 5.41) is 1.49. The normalized spacial score (nSPS) is 14.7. The van der Waals surface area contributed by atoms with Crippen molar-refractivity contribution in [2.45, 2.75) is 77.4 Å². The molecule has 148 valence electrons. The fraction of sp³-hybridized carbons (Fsp3) is 0.875. The highest BCUT2D eigenvalue weighted by Gasteiger charge is 2.63. The Labute approximate surface area is 144 Å². The van der Waals surface area contributed by atoms with Crippen LogP contribution in [0.25, 0.3) is 0 Å². The van der Waals surface area contributed by atoms with Crippen LogP contribution in [-0.4, -0.2) is 36.6 Å². The van der Waals surface area contributed by atoms with Crippen LogP contribution in [-0.2, 0) is 14.3 Å². The van der Waals surface area contributed by atoms with Crippen LogP contribution in [0.15, 0.2) is 0 Å². The molecule has 0 rings (SSSR count). The van der Waals surface area contributed by atoms with E-state index in [1.165, 1.54) is 12.2 Å². The summed E-state index contributed by atoms with van der Waals surface area (Å²) >= 11 is 0. The number of rotatable bonds is 11. The Morgan fingerprint density at radius 3 is 2.04 bits per heavy atom. The molecule has 25 heavy (non-hydrogen) atoms. The van der Waals surface area contributed by atoms with Gasteiger partial charge < -0.3 is 10.1 Å². The summed E-state index contributed by atoms with van der Waals surface area (Å²) in [5.74, 6) is -9.78. The van der Waals surface area contributed by atoms with E-state index in [4.69, 9.17) is 4.74 Å². The van der Waals surface area contributed by atoms with E-state index in [2.05, 4.69) is 0 Å². The molecule has 1 amide bonds. The number of esters is 1. The van der Waals surface area contributed by atoms with Gasteiger partial charge in [0.25, 0.3) is 0 Å². The molecule has 4 nitrogen and oxygen atoms in total. The number of hydrogen-bond acceptors (Lipinski definition) is 3. The summed E-state index contributed by atoms with van der Waals surface area (Å²) in [5.41, 5.74) is 0. The molecule has 0 radical (unpaired) electrons. The van der Waals surface area contributed by atoms with E-state index in [0.29, 0.717) is 6.42 Å². The molecule has 0 spiro atoms. The Balaban J connectivity index is 4.75. The number of carbonyl (C=O) groups is 2. The molecule has 0 saturated heterocycles. The smallest absolute Gasteiger partial charge is 0.463 e. The first-order valence-corrected chi connectivity index (χ1v) is 8.41. The summed E-state index contributed by atoms with van der Waals surface area (Å²) in [6.07, 6.45) is -1.34. The van der Waals surface area contributed by atoms with Gasteiger partial charge in [-0.25, -0.2) is 4.79 Å². The maximum Gasteiger partial charge on any atom is 0.463 e. The lowest BCUT2D eigenvalue weighted by molar-refractivity contribution is -0.270. The van der Waals surface area contributed by atoms with Gasteiger partial charge in [0.1, 0.15) is 6.04 Å². The molecular formula is C16H26F5NO3. The van der Waals surface area contributed by atoms with E-state index in [-0.39, 0.29) is 13.0 Å². The average Bonchev–Trinajstić information content (AvgIpc) is 2.53. The maximum absolute atomic E-state index is 13.1. The van der Waals surface area contributed by atoms with Gasteiger partial charge >= 0.3 is 24.0 Å². The number of alkyl halides is 5. The molecule has 0 aliphatic heterocycles. The van der Waals surface area contributed by atoms with Gasteiger partial charge in [-0.1, -0.05) is 52.9 Å². The zero-order valence-electron chi connectivity index (χ0n) is 14.7. The predicted octanol–water partition coefficient (Wildman–Crippen LogP) is 4.23. The Bertz CT molecular complexity index is 426. The summed E-state index contributed by atoms with van der Waals surface area (Å²) in [4.78, 5) is 23.3. The van der Waals surface area contributed by atoms with Gasteiger partial charge in [-0.05, 0) is 12.3 Å². The van der Waals surface area contributed by atoms with E-state index >= 15 is 0 Å². The Hall–Kier alpha value is -1.41. The highest BCUT2D eigenvalue weighted by atomic mass is 19.4. The molecule has 0 aromatic carbocycles. The number of nitrogens with one attached hydrogen (secondary N) is 1. The van der Waals surface area contributed by atoms with Crippen LogP contribution in [0, 0.1) is 5.92 Å². The largest absolute Gasteiger partial charge is 0.464 e. The highest BCUT2D eigenvalue weighted by molar-refractivity contribution is 5.89. The van der Waals surface area contributed by atoms with Crippen molar-refractivity contribution >= 4 is 11.9 Å². The van der Waals surface area contributed by atoms with E-state index in [9.17, 15) is 31.5 Å². The lowest BCUT2D eigenvalue weighted by atomic mass is 9.99. The molecule has 0 aliphatic carbocycles. The van der Waals surface area contributed by atoms with Crippen molar-refractivity contribution in [2.75, 3.05) is 6.61 Å². The predicted molar refractivity (Wildman–Crippen MR) is 82.1 cm³/mol. The van der Waals surface area contributed by atoms with Crippen LogP contribution in [0.1, 0.15) is 59.3 Å². The molecule has 0 saturated carbocycles. The standard InChI is InChI=1S/C16H26F5NO3/c1-4-6-7-8-9-10-25-13(23)12(11(3)5-2)22-14(24)15(17,18)16(19,20)21/h11-12H,4-10H2,1-3H3,(H,22,24). The quantitative estimate of drug-likeness (QED) is 0.334. The van der Waals surface area contributed by atoms with E-state index < -0.39 is 35.9 Å². The first-order valence-electron chi connectivity index (χ1n) is 8.41. The second kappa shape index (κ2) is 10.6. The minimum Gasteiger partial charge on any atom is -0.464 e. The topological polar surface area (TPSA) is 55.4 Å². The number of halogens is 5. The first kappa shape index (κ1) is 23.6. The number of hydrogen-bond donors (Lipinski definition) is 1. The van der Waals surface area contributed by atoms with Gasteiger partial charge in [0.05, 0.1) is 6.61 Å². The lowest BCUT2D eigenvalue weighted by Crippen LogP contribution is -2.56. The Kier molecular flexibility index (Phi) is 9.96. The first-order chi connectivity index (χ1) is 11.5. The van der Waals surface area contributed by atoms with Gasteiger partial charge in [-0.3, -0.25) is 4.79 Å². The third kappa shape index (κ3) is 7.56. The van der Waals surface area contributed by atoms with Gasteiger partial charge in [0.2, 0.25) is 0 Å². The van der Waals surface area contributed by atoms with Crippen LogP contribution in [0.2, 0.25) is 0 Å². The molecule has 1 N–H and O–H groups in total. The van der Waals surface area contributed by atoms with Gasteiger partial charge in [0, 0.05) is 0 Å². The average molecular weight is 375 g/mol. The van der Waals surface area contributed by atoms with Crippen LogP contribution >= 0.6 is 0 Å². The molecule has 0 aromatic rings. The summed E-state index contributed by atoms with van der Waals surface area (Å²) in [6, 6.07) is -1.55. The van der Waals surface area contributed by atoms with E-state index in [1.54, 1.807) is 6.92 Å². The number of unbranched alkanes of at least 4 members (excludes halogenated alkanes) is 4. The van der Waals surface area contributed by atoms with Crippen LogP contribution in [0.3, 0.4) is 0 Å². The van der Waals surface area contributed by atoms with Crippen molar-refractivity contribution in [3.63, 3.8) is 0 Å². The minimum atomic E-state index is -6.03. The van der Waals surface area contributed by atoms with Crippen molar-refractivity contribution in [2.24, 2.45) is 5.92 Å². The zero-order valence-corrected chi connectivity index (χ0v) is 14.7. The van der Waals surface area contributed by atoms with Crippen LogP contribution in [0.4, 0.5) is 22.0 Å². The van der Waals surface area contributed by atoms with Crippen LogP contribution in [0.5, 0.6) is 0 Å². The molecule has 0 aliphatic rings. The SMILES string of the molecule is CCCCCCCOC(=O)C(NC(=O)C(F)(F)C(F)(F)F)C(C)CC. The van der Waals surface area contributed by atoms with Gasteiger partial charge in [0.15, 0.2) is 0 Å². The highest BCUT2D eigenvalue weighted by Crippen LogP contribution is 2.35. The molecule has 9 heteroatoms. The van der Waals surface area contributed by atoms with E-state index in [1.807, 2.05) is 6.92 Å². The van der Waals surface area contributed by atoms with E-state index in [0.717, 1.165) is 25.7 Å². The zero-order chi connectivity index (χ0) is 19.7. The van der Waals surface area contributed by atoms with Gasteiger partial charge in [-0.15, -0.1) is 0 Å². The fourth-order valence-corrected chi connectivity index (χ4v) is 2.00. The summed E-state index contributed by atoms with van der Waals surface area (Å²) in [6.45, 7) is 5.14. The van der Waals surface area contributed by atoms with Crippen molar-refractivity contribution in [3.8, 4) is 0 Å². The third-order valence-corrected chi connectivity index (χ3v) is 3.89. The van der Waals surface area contributed by atoms with Gasteiger partial charge in [-0.2, -0.15) is 22.0 Å². The number of ether oxygens (including phenoxy) is 1. The maximum atomic E-state index is 13.1. The second-order valence-electron chi connectivity index (χ2n) is 5.99. The van der Waals surface area contributed by atoms with Crippen molar-refractivity contribution in [1.29, 1.82) is 0 Å². The van der Waals surface area contributed by atoms with Crippen molar-refractivity contribution < 1.29 is 36.3 Å². The summed E-state index contributed by atoms with van der Waals surface area (Å²) < 4.78 is 67.8. The fourth-order valence-electron chi connectivity index (χ4n) is 2.00. The summed E-state index contributed by atoms with van der Waals surface area (Å²) in [7, 11) is 0. The monoisotopic (exact) mass is 375 g/mol.